The van der Waals surface area contributed by atoms with Gasteiger partial charge in [-0.25, -0.2) is 4.98 Å². The molecule has 7 nitrogen and oxygen atoms in total. The Balaban J connectivity index is 1.42. The Bertz CT molecular complexity index is 1210. The van der Waals surface area contributed by atoms with Crippen LogP contribution in [0.25, 0.3) is 21.3 Å². The van der Waals surface area contributed by atoms with Crippen LogP contribution in [0.1, 0.15) is 10.4 Å². The first-order valence-corrected chi connectivity index (χ1v) is 9.85. The van der Waals surface area contributed by atoms with Gasteiger partial charge in [0.1, 0.15) is 19.0 Å². The Morgan fingerprint density at radius 1 is 1.14 bits per heavy atom. The van der Waals surface area contributed by atoms with Crippen LogP contribution in [-0.2, 0) is 0 Å². The van der Waals surface area contributed by atoms with Gasteiger partial charge in [0.05, 0.1) is 22.9 Å². The molecule has 8 heteroatoms. The normalized spacial score (nSPS) is 12.7. The van der Waals surface area contributed by atoms with Gasteiger partial charge in [0, 0.05) is 18.0 Å². The maximum Gasteiger partial charge on any atom is 0.259 e. The van der Waals surface area contributed by atoms with E-state index in [0.717, 1.165) is 27.1 Å². The SMILES string of the molecule is COc1ccc2nc(NC(=O)c3c[nH]cc3-c3ccc4c(c3)OCCO4)sc2c1. The molecule has 3 heterocycles. The summed E-state index contributed by atoms with van der Waals surface area (Å²) in [5.74, 6) is 1.92. The van der Waals surface area contributed by atoms with Crippen molar-refractivity contribution in [2.45, 2.75) is 0 Å². The molecule has 146 valence electrons. The number of carbonyl (C=O) groups is 1. The summed E-state index contributed by atoms with van der Waals surface area (Å²) in [5.41, 5.74) is 2.99. The molecule has 0 unspecified atom stereocenters. The van der Waals surface area contributed by atoms with E-state index in [2.05, 4.69) is 15.3 Å². The summed E-state index contributed by atoms with van der Waals surface area (Å²) in [6.45, 7) is 1.05. The van der Waals surface area contributed by atoms with Crippen LogP contribution in [0.15, 0.2) is 48.8 Å². The molecule has 0 bridgehead atoms. The minimum atomic E-state index is -0.234. The van der Waals surface area contributed by atoms with E-state index >= 15 is 0 Å². The highest BCUT2D eigenvalue weighted by Gasteiger charge is 2.19. The van der Waals surface area contributed by atoms with E-state index in [0.29, 0.717) is 35.4 Å². The molecule has 0 fully saturated rings. The summed E-state index contributed by atoms with van der Waals surface area (Å²) >= 11 is 1.40. The predicted octanol–water partition coefficient (Wildman–Crippen LogP) is 4.32. The number of nitrogens with one attached hydrogen (secondary N) is 2. The van der Waals surface area contributed by atoms with Crippen LogP contribution < -0.4 is 19.5 Å². The summed E-state index contributed by atoms with van der Waals surface area (Å²) in [6, 6.07) is 11.3. The van der Waals surface area contributed by atoms with Crippen LogP contribution in [0.3, 0.4) is 0 Å². The van der Waals surface area contributed by atoms with Gasteiger partial charge >= 0.3 is 0 Å². The lowest BCUT2D eigenvalue weighted by molar-refractivity contribution is 0.102. The number of anilines is 1. The van der Waals surface area contributed by atoms with E-state index in [1.807, 2.05) is 36.4 Å². The number of methoxy groups -OCH3 is 1. The van der Waals surface area contributed by atoms with Crippen LogP contribution in [0.2, 0.25) is 0 Å². The molecule has 5 rings (SSSR count). The number of H-pyrrole nitrogens is 1. The minimum Gasteiger partial charge on any atom is -0.497 e. The molecule has 1 aliphatic heterocycles. The molecular weight excluding hydrogens is 390 g/mol. The Labute approximate surface area is 170 Å². The number of aromatic nitrogens is 2. The molecule has 1 amide bonds. The molecule has 2 aromatic carbocycles. The second kappa shape index (κ2) is 7.14. The number of thiazole rings is 1. The fourth-order valence-electron chi connectivity index (χ4n) is 3.25. The maximum absolute atomic E-state index is 12.9. The number of hydrogen-bond acceptors (Lipinski definition) is 6. The second-order valence-electron chi connectivity index (χ2n) is 6.45. The van der Waals surface area contributed by atoms with Crippen LogP contribution >= 0.6 is 11.3 Å². The number of amides is 1. The molecule has 0 saturated carbocycles. The van der Waals surface area contributed by atoms with Crippen molar-refractivity contribution in [3.05, 3.63) is 54.4 Å². The molecule has 1 aliphatic rings. The first kappa shape index (κ1) is 17.6. The number of fused-ring (bicyclic) bond motifs is 2. The number of rotatable bonds is 4. The van der Waals surface area contributed by atoms with Crippen molar-refractivity contribution >= 4 is 32.6 Å². The summed E-state index contributed by atoms with van der Waals surface area (Å²) in [6.07, 6.45) is 3.47. The fourth-order valence-corrected chi connectivity index (χ4v) is 4.14. The van der Waals surface area contributed by atoms with Crippen LogP contribution in [-0.4, -0.2) is 36.2 Å². The lowest BCUT2D eigenvalue weighted by atomic mass is 10.0. The molecule has 0 atom stereocenters. The predicted molar refractivity (Wildman–Crippen MR) is 111 cm³/mol. The smallest absolute Gasteiger partial charge is 0.259 e. The van der Waals surface area contributed by atoms with Crippen molar-refractivity contribution in [3.8, 4) is 28.4 Å². The van der Waals surface area contributed by atoms with Gasteiger partial charge in [-0.3, -0.25) is 10.1 Å². The van der Waals surface area contributed by atoms with Gasteiger partial charge < -0.3 is 19.2 Å². The highest BCUT2D eigenvalue weighted by molar-refractivity contribution is 7.22. The minimum absolute atomic E-state index is 0.234. The highest BCUT2D eigenvalue weighted by Crippen LogP contribution is 2.36. The molecule has 29 heavy (non-hydrogen) atoms. The molecule has 0 aliphatic carbocycles. The van der Waals surface area contributed by atoms with Crippen molar-refractivity contribution in [2.75, 3.05) is 25.6 Å². The zero-order valence-corrected chi connectivity index (χ0v) is 16.3. The standard InChI is InChI=1S/C21H17N3O4S/c1-26-13-3-4-16-19(9-13)29-21(23-16)24-20(25)15-11-22-10-14(15)12-2-5-17-18(8-12)28-7-6-27-17/h2-5,8-11,22H,6-7H2,1H3,(H,23,24,25). The number of ether oxygens (including phenoxy) is 3. The summed E-state index contributed by atoms with van der Waals surface area (Å²) in [4.78, 5) is 20.4. The Morgan fingerprint density at radius 3 is 2.86 bits per heavy atom. The van der Waals surface area contributed by atoms with Gasteiger partial charge in [-0.1, -0.05) is 17.4 Å². The maximum atomic E-state index is 12.9. The molecule has 2 aromatic heterocycles. The van der Waals surface area contributed by atoms with Crippen LogP contribution in [0.4, 0.5) is 5.13 Å². The van der Waals surface area contributed by atoms with Crippen molar-refractivity contribution in [2.24, 2.45) is 0 Å². The van der Waals surface area contributed by atoms with Gasteiger partial charge in [0.25, 0.3) is 5.91 Å². The van der Waals surface area contributed by atoms with E-state index in [1.165, 1.54) is 11.3 Å². The largest absolute Gasteiger partial charge is 0.497 e. The van der Waals surface area contributed by atoms with E-state index < -0.39 is 0 Å². The lowest BCUT2D eigenvalue weighted by Crippen LogP contribution is -2.15. The number of aromatic amines is 1. The molecule has 0 saturated heterocycles. The van der Waals surface area contributed by atoms with E-state index in [-0.39, 0.29) is 5.91 Å². The van der Waals surface area contributed by atoms with E-state index in [4.69, 9.17) is 14.2 Å². The molecule has 2 N–H and O–H groups in total. The highest BCUT2D eigenvalue weighted by atomic mass is 32.1. The third-order valence-corrected chi connectivity index (χ3v) is 5.59. The summed E-state index contributed by atoms with van der Waals surface area (Å²) in [7, 11) is 1.62. The van der Waals surface area contributed by atoms with Gasteiger partial charge in [-0.05, 0) is 35.9 Å². The Morgan fingerprint density at radius 2 is 2.00 bits per heavy atom. The van der Waals surface area contributed by atoms with Crippen LogP contribution in [0.5, 0.6) is 17.2 Å². The quantitative estimate of drug-likeness (QED) is 0.526. The Hall–Kier alpha value is -3.52. The molecule has 0 radical (unpaired) electrons. The number of hydrogen-bond donors (Lipinski definition) is 2. The summed E-state index contributed by atoms with van der Waals surface area (Å²) in [5, 5.41) is 3.43. The van der Waals surface area contributed by atoms with Gasteiger partial charge in [-0.15, -0.1) is 0 Å². The third kappa shape index (κ3) is 3.27. The average Bonchev–Trinajstić information content (AvgIpc) is 3.39. The van der Waals surface area contributed by atoms with Crippen molar-refractivity contribution < 1.29 is 19.0 Å². The lowest BCUT2D eigenvalue weighted by Gasteiger charge is -2.18. The fraction of sp³-hybridized carbons (Fsp3) is 0.143. The van der Waals surface area contributed by atoms with Crippen molar-refractivity contribution in [1.82, 2.24) is 9.97 Å². The third-order valence-electron chi connectivity index (χ3n) is 4.66. The second-order valence-corrected chi connectivity index (χ2v) is 7.48. The monoisotopic (exact) mass is 407 g/mol. The van der Waals surface area contributed by atoms with Gasteiger partial charge in [0.15, 0.2) is 16.6 Å². The number of nitrogens with zero attached hydrogens (tertiary/aromatic N) is 1. The zero-order chi connectivity index (χ0) is 19.8. The number of carbonyl (C=O) groups excluding carboxylic acids is 1. The van der Waals surface area contributed by atoms with Gasteiger partial charge in [-0.2, -0.15) is 0 Å². The number of benzene rings is 2. The van der Waals surface area contributed by atoms with E-state index in [9.17, 15) is 4.79 Å². The summed E-state index contributed by atoms with van der Waals surface area (Å²) < 4.78 is 17.4. The van der Waals surface area contributed by atoms with Crippen molar-refractivity contribution in [3.63, 3.8) is 0 Å². The molecule has 4 aromatic rings. The topological polar surface area (TPSA) is 85.5 Å². The molecule has 0 spiro atoms. The average molecular weight is 407 g/mol. The van der Waals surface area contributed by atoms with Gasteiger partial charge in [0.2, 0.25) is 0 Å². The first-order chi connectivity index (χ1) is 14.2. The van der Waals surface area contributed by atoms with Crippen LogP contribution in [0, 0.1) is 0 Å². The molecular formula is C21H17N3O4S. The Kier molecular flexibility index (Phi) is 4.33. The van der Waals surface area contributed by atoms with E-state index in [1.54, 1.807) is 19.5 Å². The zero-order valence-electron chi connectivity index (χ0n) is 15.5. The first-order valence-electron chi connectivity index (χ1n) is 9.04. The van der Waals surface area contributed by atoms with Crippen molar-refractivity contribution in [1.29, 1.82) is 0 Å².